The van der Waals surface area contributed by atoms with E-state index in [0.717, 1.165) is 0 Å². The molecule has 0 saturated heterocycles. The molecule has 0 rings (SSSR count). The normalized spacial score (nSPS) is 6.29. The van der Waals surface area contributed by atoms with Gasteiger partial charge in [0.2, 0.25) is 0 Å². The van der Waals surface area contributed by atoms with Crippen LogP contribution in [0.15, 0.2) is 0 Å². The second-order valence-electron chi connectivity index (χ2n) is 1.60. The molecule has 0 atom stereocenters. The number of nitrogens with zero attached hydrogens (tertiary/aromatic N) is 2. The maximum atomic E-state index is 6.86. The minimum absolute atomic E-state index is 0.120. The summed E-state index contributed by atoms with van der Waals surface area (Å²) in [5.41, 5.74) is 12.2. The molecule has 1 radical (unpaired) electrons. The standard InChI is InChI=1S/C3H9Si.HN3/c1-4(2)3;1-3-2/h1-3H3;1H. The number of hydrogen-bond acceptors (Lipinski definition) is 1. The van der Waals surface area contributed by atoms with E-state index in [0.29, 0.717) is 0 Å². The van der Waals surface area contributed by atoms with E-state index in [1.54, 1.807) is 4.91 Å². The molecule has 41 valence electrons. The van der Waals surface area contributed by atoms with E-state index in [4.69, 9.17) is 11.1 Å². The van der Waals surface area contributed by atoms with Crippen molar-refractivity contribution in [2.24, 2.45) is 0 Å². The average molecular weight is 116 g/mol. The zero-order valence-corrected chi connectivity index (χ0v) is 5.89. The topological polar surface area (TPSA) is 60.3 Å². The van der Waals surface area contributed by atoms with Gasteiger partial charge in [-0.3, -0.25) is 0 Å². The second kappa shape index (κ2) is 9.11. The van der Waals surface area contributed by atoms with Gasteiger partial charge in [0.15, 0.2) is 0 Å². The molecule has 4 heteroatoms. The smallest absolute Gasteiger partial charge is 0.0379 e. The Bertz CT molecular complexity index is 52.4. The molecule has 0 amide bonds. The highest BCUT2D eigenvalue weighted by molar-refractivity contribution is 6.54. The van der Waals surface area contributed by atoms with E-state index in [9.17, 15) is 0 Å². The highest BCUT2D eigenvalue weighted by Gasteiger charge is 1.72. The fourth-order valence-corrected chi connectivity index (χ4v) is 0. The molecule has 0 fully saturated rings. The molecule has 7 heavy (non-hydrogen) atoms. The van der Waals surface area contributed by atoms with Crippen LogP contribution < -0.4 is 0 Å². The molecular weight excluding hydrogens is 106 g/mol. The largest absolute Gasteiger partial charge is 0.108 e. The zero-order chi connectivity index (χ0) is 6.28. The molecule has 0 aromatic carbocycles. The third kappa shape index (κ3) is 307. The van der Waals surface area contributed by atoms with Crippen molar-refractivity contribution in [2.45, 2.75) is 19.6 Å². The molecule has 0 aliphatic heterocycles. The van der Waals surface area contributed by atoms with E-state index >= 15 is 0 Å². The Morgan fingerprint density at radius 3 is 1.43 bits per heavy atom. The quantitative estimate of drug-likeness (QED) is 0.218. The lowest BCUT2D eigenvalue weighted by atomic mass is 11.8. The minimum Gasteiger partial charge on any atom is -0.108 e. The van der Waals surface area contributed by atoms with Crippen molar-refractivity contribution in [1.29, 1.82) is 5.53 Å². The summed E-state index contributed by atoms with van der Waals surface area (Å²) in [5.74, 6) is 0. The van der Waals surface area contributed by atoms with Gasteiger partial charge in [-0.05, 0) is 10.4 Å². The lowest BCUT2D eigenvalue weighted by molar-refractivity contribution is 1.45. The van der Waals surface area contributed by atoms with Crippen molar-refractivity contribution in [1.82, 2.24) is 0 Å². The Balaban J connectivity index is 0. The molecule has 0 unspecified atom stereocenters. The lowest BCUT2D eigenvalue weighted by Crippen LogP contribution is -1.84. The predicted molar refractivity (Wildman–Crippen MR) is 32.8 cm³/mol. The first-order valence-electron chi connectivity index (χ1n) is 1.92. The van der Waals surface area contributed by atoms with Gasteiger partial charge in [-0.1, -0.05) is 19.6 Å². The van der Waals surface area contributed by atoms with Crippen LogP contribution in [0.5, 0.6) is 0 Å². The molecule has 0 heterocycles. The molecule has 0 bridgehead atoms. The fourth-order valence-electron chi connectivity index (χ4n) is 0. The van der Waals surface area contributed by atoms with Gasteiger partial charge < -0.3 is 0 Å². The van der Waals surface area contributed by atoms with Crippen molar-refractivity contribution in [2.75, 3.05) is 0 Å². The molecule has 3 nitrogen and oxygen atoms in total. The van der Waals surface area contributed by atoms with Gasteiger partial charge in [0.1, 0.15) is 0 Å². The summed E-state index contributed by atoms with van der Waals surface area (Å²) < 4.78 is 0. The number of nitrogens with one attached hydrogen (secondary N) is 1. The van der Waals surface area contributed by atoms with Crippen LogP contribution in [-0.2, 0) is 0 Å². The van der Waals surface area contributed by atoms with Crippen LogP contribution >= 0.6 is 0 Å². The number of rotatable bonds is 0. The van der Waals surface area contributed by atoms with Crippen molar-refractivity contribution in [3.63, 3.8) is 0 Å². The van der Waals surface area contributed by atoms with Gasteiger partial charge in [-0.25, -0.2) is 0 Å². The molecule has 0 aromatic rings. The first kappa shape index (κ1) is 9.73. The first-order valence-corrected chi connectivity index (χ1v) is 4.92. The highest BCUT2D eigenvalue weighted by Crippen LogP contribution is 1.68. The molecule has 0 saturated carbocycles. The molecule has 1 N–H and O–H groups in total. The van der Waals surface area contributed by atoms with Crippen LogP contribution in [0.3, 0.4) is 0 Å². The maximum absolute atomic E-state index is 6.86. The average Bonchev–Trinajstić information content (AvgIpc) is 1.33. The van der Waals surface area contributed by atoms with Gasteiger partial charge >= 0.3 is 0 Å². The Kier molecular flexibility index (Phi) is 12.7. The summed E-state index contributed by atoms with van der Waals surface area (Å²) >= 11 is 0. The summed E-state index contributed by atoms with van der Waals surface area (Å²) in [6, 6.07) is 0. The lowest BCUT2D eigenvalue weighted by Gasteiger charge is -1.75. The van der Waals surface area contributed by atoms with Gasteiger partial charge in [-0.15, -0.1) is 5.53 Å². The Morgan fingerprint density at radius 1 is 1.43 bits per heavy atom. The van der Waals surface area contributed by atoms with Gasteiger partial charge in [0.05, 0.1) is 0 Å². The molecule has 0 aliphatic rings. The molecule has 0 aromatic heterocycles. The third-order valence-electron chi connectivity index (χ3n) is 0. The molecular formula is C3H10N3Si. The summed E-state index contributed by atoms with van der Waals surface area (Å²) in [6.07, 6.45) is 0. The van der Waals surface area contributed by atoms with E-state index in [1.807, 2.05) is 0 Å². The van der Waals surface area contributed by atoms with Gasteiger partial charge in [0.25, 0.3) is 0 Å². The molecule has 0 aliphatic carbocycles. The van der Waals surface area contributed by atoms with Crippen LogP contribution in [-0.4, -0.2) is 8.80 Å². The van der Waals surface area contributed by atoms with E-state index in [-0.39, 0.29) is 8.80 Å². The SMILES string of the molecule is C[Si](C)C.[N-]=[N+]=N. The molecule has 0 spiro atoms. The van der Waals surface area contributed by atoms with Crippen LogP contribution in [0.4, 0.5) is 0 Å². The van der Waals surface area contributed by atoms with Gasteiger partial charge in [0, 0.05) is 8.80 Å². The minimum atomic E-state index is 0.120. The van der Waals surface area contributed by atoms with E-state index in [2.05, 4.69) is 19.6 Å². The monoisotopic (exact) mass is 116 g/mol. The first-order chi connectivity index (χ1) is 3.15. The zero-order valence-electron chi connectivity index (χ0n) is 4.89. The van der Waals surface area contributed by atoms with Crippen molar-refractivity contribution < 1.29 is 0 Å². The van der Waals surface area contributed by atoms with Crippen LogP contribution in [0.25, 0.3) is 10.4 Å². The Labute approximate surface area is 45.4 Å². The van der Waals surface area contributed by atoms with Crippen molar-refractivity contribution >= 4 is 8.80 Å². The Morgan fingerprint density at radius 2 is 1.43 bits per heavy atom. The summed E-state index contributed by atoms with van der Waals surface area (Å²) in [4.78, 5) is 1.75. The summed E-state index contributed by atoms with van der Waals surface area (Å²) in [5, 5.41) is 0. The second-order valence-corrected chi connectivity index (χ2v) is 4.60. The Hall–Kier alpha value is -0.473. The summed E-state index contributed by atoms with van der Waals surface area (Å²) in [7, 11) is 0.120. The maximum Gasteiger partial charge on any atom is 0.0379 e. The fraction of sp³-hybridized carbons (Fsp3) is 1.00. The van der Waals surface area contributed by atoms with E-state index < -0.39 is 0 Å². The van der Waals surface area contributed by atoms with Crippen molar-refractivity contribution in [3.05, 3.63) is 10.4 Å². The third-order valence-corrected chi connectivity index (χ3v) is 0. The number of hydrogen-bond donors (Lipinski definition) is 1. The van der Waals surface area contributed by atoms with Crippen LogP contribution in [0, 0.1) is 5.53 Å². The predicted octanol–water partition coefficient (Wildman–Crippen LogP) is 2.25. The van der Waals surface area contributed by atoms with Crippen molar-refractivity contribution in [3.8, 4) is 0 Å². The van der Waals surface area contributed by atoms with Crippen LogP contribution in [0.1, 0.15) is 0 Å². The highest BCUT2D eigenvalue weighted by atomic mass is 28.3. The summed E-state index contributed by atoms with van der Waals surface area (Å²) in [6.45, 7) is 6.81. The van der Waals surface area contributed by atoms with E-state index in [1.165, 1.54) is 0 Å². The van der Waals surface area contributed by atoms with Gasteiger partial charge in [-0.2, -0.15) is 0 Å². The van der Waals surface area contributed by atoms with Crippen LogP contribution in [0.2, 0.25) is 19.6 Å².